The van der Waals surface area contributed by atoms with Gasteiger partial charge in [0.1, 0.15) is 0 Å². The van der Waals surface area contributed by atoms with Gasteiger partial charge in [0, 0.05) is 24.4 Å². The van der Waals surface area contributed by atoms with E-state index in [1.807, 2.05) is 0 Å². The van der Waals surface area contributed by atoms with Gasteiger partial charge >= 0.3 is 0 Å². The molecular weight excluding hydrogens is 204 g/mol. The van der Waals surface area contributed by atoms with Gasteiger partial charge in [0.25, 0.3) is 0 Å². The van der Waals surface area contributed by atoms with Gasteiger partial charge in [-0.25, -0.2) is 0 Å². The zero-order chi connectivity index (χ0) is 11.1. The molecule has 1 saturated carbocycles. The van der Waals surface area contributed by atoms with Crippen LogP contribution in [0.2, 0.25) is 0 Å². The van der Waals surface area contributed by atoms with E-state index in [0.29, 0.717) is 4.75 Å². The smallest absolute Gasteiger partial charge is 0.0281 e. The molecule has 1 N–H and O–H groups in total. The molecule has 0 bridgehead atoms. The first-order valence-corrected chi connectivity index (χ1v) is 7.32. The second kappa shape index (κ2) is 6.77. The van der Waals surface area contributed by atoms with Crippen molar-refractivity contribution in [1.82, 2.24) is 10.2 Å². The first-order chi connectivity index (χ1) is 7.18. The van der Waals surface area contributed by atoms with Gasteiger partial charge in [-0.2, -0.15) is 11.8 Å². The molecule has 1 aliphatic carbocycles. The van der Waals surface area contributed by atoms with Crippen molar-refractivity contribution in [3.05, 3.63) is 0 Å². The summed E-state index contributed by atoms with van der Waals surface area (Å²) in [5, 5.41) is 3.62. The second-order valence-electron chi connectivity index (χ2n) is 4.93. The van der Waals surface area contributed by atoms with E-state index in [1.165, 1.54) is 38.6 Å². The zero-order valence-electron chi connectivity index (χ0n) is 10.5. The van der Waals surface area contributed by atoms with Crippen LogP contribution in [0.3, 0.4) is 0 Å². The SMILES string of the molecule is CSC1(CNCCN(C)C)CCCCC1. The van der Waals surface area contributed by atoms with Crippen LogP contribution in [-0.4, -0.2) is 49.6 Å². The van der Waals surface area contributed by atoms with Crippen LogP contribution >= 0.6 is 11.8 Å². The van der Waals surface area contributed by atoms with Crippen LogP contribution < -0.4 is 5.32 Å². The Hall–Kier alpha value is 0.270. The van der Waals surface area contributed by atoms with Crippen molar-refractivity contribution in [1.29, 1.82) is 0 Å². The first-order valence-electron chi connectivity index (χ1n) is 6.09. The minimum Gasteiger partial charge on any atom is -0.314 e. The van der Waals surface area contributed by atoms with E-state index in [9.17, 15) is 0 Å². The van der Waals surface area contributed by atoms with E-state index < -0.39 is 0 Å². The summed E-state index contributed by atoms with van der Waals surface area (Å²) in [6.45, 7) is 3.46. The highest BCUT2D eigenvalue weighted by molar-refractivity contribution is 8.00. The zero-order valence-corrected chi connectivity index (χ0v) is 11.3. The molecule has 2 nitrogen and oxygen atoms in total. The molecule has 1 aliphatic rings. The van der Waals surface area contributed by atoms with Gasteiger partial charge in [-0.15, -0.1) is 0 Å². The van der Waals surface area contributed by atoms with Crippen LogP contribution in [0.5, 0.6) is 0 Å². The normalized spacial score (nSPS) is 20.8. The van der Waals surface area contributed by atoms with E-state index >= 15 is 0 Å². The minimum absolute atomic E-state index is 0.546. The van der Waals surface area contributed by atoms with E-state index in [4.69, 9.17) is 0 Å². The molecule has 3 heteroatoms. The summed E-state index contributed by atoms with van der Waals surface area (Å²) in [6, 6.07) is 0. The molecule has 0 aromatic heterocycles. The number of nitrogens with one attached hydrogen (secondary N) is 1. The van der Waals surface area contributed by atoms with Crippen molar-refractivity contribution in [3.63, 3.8) is 0 Å². The Kier molecular flexibility index (Phi) is 6.02. The summed E-state index contributed by atoms with van der Waals surface area (Å²) in [6.07, 6.45) is 9.39. The van der Waals surface area contributed by atoms with Crippen LogP contribution in [0.15, 0.2) is 0 Å². The summed E-state index contributed by atoms with van der Waals surface area (Å²) in [5.74, 6) is 0. The van der Waals surface area contributed by atoms with Gasteiger partial charge in [0.2, 0.25) is 0 Å². The molecule has 0 spiro atoms. The third kappa shape index (κ3) is 4.75. The maximum atomic E-state index is 3.62. The maximum absolute atomic E-state index is 3.62. The van der Waals surface area contributed by atoms with Crippen LogP contribution in [-0.2, 0) is 0 Å². The largest absolute Gasteiger partial charge is 0.314 e. The summed E-state index contributed by atoms with van der Waals surface area (Å²) < 4.78 is 0.546. The summed E-state index contributed by atoms with van der Waals surface area (Å²) in [4.78, 5) is 2.24. The molecule has 0 heterocycles. The average molecular weight is 230 g/mol. The first kappa shape index (κ1) is 13.3. The predicted molar refractivity (Wildman–Crippen MR) is 70.8 cm³/mol. The highest BCUT2D eigenvalue weighted by Gasteiger charge is 2.30. The Bertz CT molecular complexity index is 165. The molecule has 0 radical (unpaired) electrons. The molecule has 0 amide bonds. The molecule has 90 valence electrons. The van der Waals surface area contributed by atoms with Gasteiger partial charge in [-0.1, -0.05) is 19.3 Å². The lowest BCUT2D eigenvalue weighted by molar-refractivity contribution is 0.358. The van der Waals surface area contributed by atoms with Crippen LogP contribution in [0.4, 0.5) is 0 Å². The highest BCUT2D eigenvalue weighted by Crippen LogP contribution is 2.37. The molecule has 0 aromatic rings. The number of hydrogen-bond acceptors (Lipinski definition) is 3. The monoisotopic (exact) mass is 230 g/mol. The maximum Gasteiger partial charge on any atom is 0.0281 e. The highest BCUT2D eigenvalue weighted by atomic mass is 32.2. The van der Waals surface area contributed by atoms with Crippen molar-refractivity contribution >= 4 is 11.8 Å². The fourth-order valence-corrected chi connectivity index (χ4v) is 3.21. The van der Waals surface area contributed by atoms with E-state index in [2.05, 4.69) is 42.3 Å². The van der Waals surface area contributed by atoms with E-state index in [1.54, 1.807) is 0 Å². The molecule has 0 saturated heterocycles. The van der Waals surface area contributed by atoms with Gasteiger partial charge < -0.3 is 10.2 Å². The standard InChI is InChI=1S/C12H26N2S/c1-14(2)10-9-13-11-12(15-3)7-5-4-6-8-12/h13H,4-11H2,1-3H3. The Labute approximate surface area is 99.2 Å². The second-order valence-corrected chi connectivity index (χ2v) is 6.20. The Morgan fingerprint density at radius 3 is 2.40 bits per heavy atom. The lowest BCUT2D eigenvalue weighted by Gasteiger charge is -2.36. The fraction of sp³-hybridized carbons (Fsp3) is 1.00. The Morgan fingerprint density at radius 2 is 1.87 bits per heavy atom. The van der Waals surface area contributed by atoms with Gasteiger partial charge in [-0.05, 0) is 33.2 Å². The number of rotatable bonds is 6. The molecule has 1 rings (SSSR count). The van der Waals surface area contributed by atoms with Crippen molar-refractivity contribution in [2.45, 2.75) is 36.9 Å². The lowest BCUT2D eigenvalue weighted by atomic mass is 9.88. The van der Waals surface area contributed by atoms with Gasteiger partial charge in [0.05, 0.1) is 0 Å². The quantitative estimate of drug-likeness (QED) is 0.704. The summed E-state index contributed by atoms with van der Waals surface area (Å²) in [7, 11) is 4.26. The van der Waals surface area contributed by atoms with E-state index in [-0.39, 0.29) is 0 Å². The predicted octanol–water partition coefficient (Wildman–Crippen LogP) is 2.20. The Morgan fingerprint density at radius 1 is 1.20 bits per heavy atom. The van der Waals surface area contributed by atoms with E-state index in [0.717, 1.165) is 13.1 Å². The molecule has 15 heavy (non-hydrogen) atoms. The average Bonchev–Trinajstić information content (AvgIpc) is 2.26. The minimum atomic E-state index is 0.546. The van der Waals surface area contributed by atoms with Gasteiger partial charge in [-0.3, -0.25) is 0 Å². The molecule has 0 aliphatic heterocycles. The van der Waals surface area contributed by atoms with Crippen molar-refractivity contribution in [2.24, 2.45) is 0 Å². The van der Waals surface area contributed by atoms with Crippen molar-refractivity contribution in [3.8, 4) is 0 Å². The van der Waals surface area contributed by atoms with Crippen molar-refractivity contribution < 1.29 is 0 Å². The van der Waals surface area contributed by atoms with Crippen LogP contribution in [0.1, 0.15) is 32.1 Å². The number of hydrogen-bond donors (Lipinski definition) is 1. The molecule has 0 atom stereocenters. The van der Waals surface area contributed by atoms with Crippen molar-refractivity contribution in [2.75, 3.05) is 40.0 Å². The number of nitrogens with zero attached hydrogens (tertiary/aromatic N) is 1. The molecular formula is C12H26N2S. The summed E-state index contributed by atoms with van der Waals surface area (Å²) >= 11 is 2.08. The van der Waals surface area contributed by atoms with Gasteiger partial charge in [0.15, 0.2) is 0 Å². The van der Waals surface area contributed by atoms with Crippen LogP contribution in [0, 0.1) is 0 Å². The third-order valence-corrected chi connectivity index (χ3v) is 4.80. The third-order valence-electron chi connectivity index (χ3n) is 3.38. The molecule has 0 aromatic carbocycles. The lowest BCUT2D eigenvalue weighted by Crippen LogP contribution is -2.41. The Balaban J connectivity index is 2.20. The fourth-order valence-electron chi connectivity index (χ4n) is 2.27. The topological polar surface area (TPSA) is 15.3 Å². The number of thioether (sulfide) groups is 1. The van der Waals surface area contributed by atoms with Crippen LogP contribution in [0.25, 0.3) is 0 Å². The molecule has 1 fully saturated rings. The molecule has 0 unspecified atom stereocenters. The number of likely N-dealkylation sites (N-methyl/N-ethyl adjacent to an activating group) is 1. The summed E-state index contributed by atoms with van der Waals surface area (Å²) in [5.41, 5.74) is 0.